The molecule has 0 aliphatic heterocycles. The molecular formula is C13H16O3. The van der Waals surface area contributed by atoms with E-state index in [0.717, 1.165) is 11.3 Å². The molecule has 0 saturated heterocycles. The van der Waals surface area contributed by atoms with Gasteiger partial charge in [-0.1, -0.05) is 19.1 Å². The first kappa shape index (κ1) is 12.3. The highest BCUT2D eigenvalue weighted by Gasteiger charge is 2.02. The Morgan fingerprint density at radius 1 is 1.50 bits per heavy atom. The van der Waals surface area contributed by atoms with Gasteiger partial charge < -0.3 is 9.84 Å². The molecule has 1 aromatic carbocycles. The van der Waals surface area contributed by atoms with E-state index in [0.29, 0.717) is 18.6 Å². The molecule has 0 saturated carbocycles. The smallest absolute Gasteiger partial charge is 0.331 e. The van der Waals surface area contributed by atoms with Crippen molar-refractivity contribution in [3.05, 3.63) is 41.5 Å². The normalized spacial score (nSPS) is 11.2. The summed E-state index contributed by atoms with van der Waals surface area (Å²) in [7, 11) is 0. The van der Waals surface area contributed by atoms with E-state index in [2.05, 4.69) is 0 Å². The van der Waals surface area contributed by atoms with Gasteiger partial charge in [-0.2, -0.15) is 0 Å². The van der Waals surface area contributed by atoms with E-state index in [9.17, 15) is 4.79 Å². The lowest BCUT2D eigenvalue weighted by Crippen LogP contribution is -2.02. The lowest BCUT2D eigenvalue weighted by molar-refractivity contribution is -0.132. The highest BCUT2D eigenvalue weighted by Crippen LogP contribution is 2.12. The van der Waals surface area contributed by atoms with Crippen LogP contribution in [0.25, 0.3) is 0 Å². The van der Waals surface area contributed by atoms with Gasteiger partial charge in [0.1, 0.15) is 12.4 Å². The van der Waals surface area contributed by atoms with Crippen LogP contribution in [-0.4, -0.2) is 17.7 Å². The van der Waals surface area contributed by atoms with Crippen LogP contribution in [0.3, 0.4) is 0 Å². The summed E-state index contributed by atoms with van der Waals surface area (Å²) in [5.74, 6) is -0.118. The lowest BCUT2D eigenvalue weighted by atomic mass is 10.2. The van der Waals surface area contributed by atoms with Crippen LogP contribution in [0.4, 0.5) is 0 Å². The van der Waals surface area contributed by atoms with Gasteiger partial charge in [0, 0.05) is 5.57 Å². The zero-order valence-electron chi connectivity index (χ0n) is 9.56. The third kappa shape index (κ3) is 3.77. The average Bonchev–Trinajstić information content (AvgIpc) is 2.24. The number of carboxylic acids is 1. The van der Waals surface area contributed by atoms with Gasteiger partial charge in [0.25, 0.3) is 0 Å². The molecule has 0 amide bonds. The van der Waals surface area contributed by atoms with E-state index in [-0.39, 0.29) is 0 Å². The number of aryl methyl sites for hydroxylation is 1. The predicted molar refractivity (Wildman–Crippen MR) is 62.7 cm³/mol. The Kier molecular flexibility index (Phi) is 4.58. The van der Waals surface area contributed by atoms with Gasteiger partial charge in [0.15, 0.2) is 0 Å². The summed E-state index contributed by atoms with van der Waals surface area (Å²) < 4.78 is 5.43. The summed E-state index contributed by atoms with van der Waals surface area (Å²) in [6.07, 6.45) is 2.11. The zero-order chi connectivity index (χ0) is 12.0. The second-order valence-corrected chi connectivity index (χ2v) is 3.52. The summed E-state index contributed by atoms with van der Waals surface area (Å²) in [5, 5.41) is 8.79. The second kappa shape index (κ2) is 5.95. The molecule has 0 aliphatic carbocycles. The van der Waals surface area contributed by atoms with Crippen molar-refractivity contribution in [2.45, 2.75) is 20.3 Å². The van der Waals surface area contributed by atoms with E-state index in [1.807, 2.05) is 38.1 Å². The van der Waals surface area contributed by atoms with Crippen molar-refractivity contribution in [1.82, 2.24) is 0 Å². The van der Waals surface area contributed by atoms with Gasteiger partial charge in [0.05, 0.1) is 0 Å². The minimum Gasteiger partial charge on any atom is -0.490 e. The molecule has 0 fully saturated rings. The molecular weight excluding hydrogens is 204 g/mol. The Morgan fingerprint density at radius 2 is 2.25 bits per heavy atom. The van der Waals surface area contributed by atoms with Gasteiger partial charge in [0.2, 0.25) is 0 Å². The van der Waals surface area contributed by atoms with Gasteiger partial charge >= 0.3 is 5.97 Å². The molecule has 0 spiro atoms. The average molecular weight is 220 g/mol. The minimum atomic E-state index is -0.879. The summed E-state index contributed by atoms with van der Waals surface area (Å²) in [4.78, 5) is 10.7. The zero-order valence-corrected chi connectivity index (χ0v) is 9.56. The summed E-state index contributed by atoms with van der Waals surface area (Å²) in [5.41, 5.74) is 1.50. The van der Waals surface area contributed by atoms with Gasteiger partial charge in [-0.25, -0.2) is 4.79 Å². The van der Waals surface area contributed by atoms with E-state index in [1.165, 1.54) is 0 Å². The molecule has 3 heteroatoms. The van der Waals surface area contributed by atoms with E-state index in [4.69, 9.17) is 9.84 Å². The minimum absolute atomic E-state index is 0.291. The maximum Gasteiger partial charge on any atom is 0.331 e. The van der Waals surface area contributed by atoms with Crippen molar-refractivity contribution in [2.24, 2.45) is 0 Å². The summed E-state index contributed by atoms with van der Waals surface area (Å²) in [6.45, 7) is 4.09. The molecule has 1 aromatic rings. The first-order valence-corrected chi connectivity index (χ1v) is 5.25. The Balaban J connectivity index is 2.55. The highest BCUT2D eigenvalue weighted by molar-refractivity contribution is 5.86. The maximum absolute atomic E-state index is 10.7. The predicted octanol–water partition coefficient (Wildman–Crippen LogP) is 2.79. The fraction of sp³-hybridized carbons (Fsp3) is 0.308. The van der Waals surface area contributed by atoms with Crippen LogP contribution in [0.15, 0.2) is 35.9 Å². The molecule has 0 heterocycles. The number of carbonyl (C=O) groups is 1. The van der Waals surface area contributed by atoms with Crippen LogP contribution in [0.1, 0.15) is 18.9 Å². The highest BCUT2D eigenvalue weighted by atomic mass is 16.5. The van der Waals surface area contributed by atoms with E-state index in [1.54, 1.807) is 6.08 Å². The molecule has 86 valence electrons. The maximum atomic E-state index is 10.7. The fourth-order valence-electron chi connectivity index (χ4n) is 1.33. The second-order valence-electron chi connectivity index (χ2n) is 3.52. The Morgan fingerprint density at radius 3 is 2.81 bits per heavy atom. The monoisotopic (exact) mass is 220 g/mol. The fourth-order valence-corrected chi connectivity index (χ4v) is 1.33. The summed E-state index contributed by atoms with van der Waals surface area (Å²) in [6, 6.07) is 7.66. The number of ether oxygens (including phenoxy) is 1. The summed E-state index contributed by atoms with van der Waals surface area (Å²) >= 11 is 0. The number of aliphatic carboxylic acids is 1. The van der Waals surface area contributed by atoms with Crippen molar-refractivity contribution in [3.63, 3.8) is 0 Å². The van der Waals surface area contributed by atoms with Gasteiger partial charge in [-0.15, -0.1) is 0 Å². The topological polar surface area (TPSA) is 46.5 Å². The van der Waals surface area contributed by atoms with Crippen LogP contribution in [0.5, 0.6) is 5.75 Å². The number of hydrogen-bond donors (Lipinski definition) is 1. The van der Waals surface area contributed by atoms with Crippen molar-refractivity contribution >= 4 is 5.97 Å². The van der Waals surface area contributed by atoms with Crippen molar-refractivity contribution in [1.29, 1.82) is 0 Å². The Bertz CT molecular complexity index is 394. The molecule has 1 rings (SSSR count). The van der Waals surface area contributed by atoms with Crippen LogP contribution < -0.4 is 4.74 Å². The van der Waals surface area contributed by atoms with Crippen LogP contribution in [-0.2, 0) is 4.79 Å². The standard InChI is InChI=1S/C13H16O3/c1-3-11(13(14)15)7-8-16-12-6-4-5-10(2)9-12/h4-7,9H,3,8H2,1-2H3,(H,14,15). The van der Waals surface area contributed by atoms with Crippen LogP contribution in [0.2, 0.25) is 0 Å². The molecule has 0 unspecified atom stereocenters. The molecule has 0 atom stereocenters. The van der Waals surface area contributed by atoms with Crippen LogP contribution >= 0.6 is 0 Å². The van der Waals surface area contributed by atoms with Crippen molar-refractivity contribution in [3.8, 4) is 5.75 Å². The number of hydrogen-bond acceptors (Lipinski definition) is 2. The third-order valence-electron chi connectivity index (χ3n) is 2.22. The van der Waals surface area contributed by atoms with E-state index < -0.39 is 5.97 Å². The van der Waals surface area contributed by atoms with Gasteiger partial charge in [-0.3, -0.25) is 0 Å². The van der Waals surface area contributed by atoms with Crippen molar-refractivity contribution in [2.75, 3.05) is 6.61 Å². The molecule has 1 N–H and O–H groups in total. The van der Waals surface area contributed by atoms with Crippen LogP contribution in [0, 0.1) is 6.92 Å². The van der Waals surface area contributed by atoms with Crippen molar-refractivity contribution < 1.29 is 14.6 Å². The molecule has 0 bridgehead atoms. The Hall–Kier alpha value is -1.77. The van der Waals surface area contributed by atoms with E-state index >= 15 is 0 Å². The number of carboxylic acid groups (broad SMARTS) is 1. The Labute approximate surface area is 95.4 Å². The molecule has 0 aliphatic rings. The largest absolute Gasteiger partial charge is 0.490 e. The first-order valence-electron chi connectivity index (χ1n) is 5.25. The molecule has 16 heavy (non-hydrogen) atoms. The molecule has 0 radical (unpaired) electrons. The number of benzene rings is 1. The molecule has 0 aromatic heterocycles. The SMILES string of the molecule is CCC(=CCOc1cccc(C)c1)C(=O)O. The van der Waals surface area contributed by atoms with Gasteiger partial charge in [-0.05, 0) is 37.1 Å². The quantitative estimate of drug-likeness (QED) is 0.776. The number of rotatable bonds is 5. The molecule has 3 nitrogen and oxygen atoms in total. The first-order chi connectivity index (χ1) is 7.63. The lowest BCUT2D eigenvalue weighted by Gasteiger charge is -2.04. The third-order valence-corrected chi connectivity index (χ3v) is 2.22.